The quantitative estimate of drug-likeness (QED) is 0.160. The molecule has 0 amide bonds. The van der Waals surface area contributed by atoms with E-state index in [1.165, 1.54) is 50.6 Å². The van der Waals surface area contributed by atoms with E-state index in [2.05, 4.69) is 220 Å². The summed E-state index contributed by atoms with van der Waals surface area (Å²) in [4.78, 5) is 0. The van der Waals surface area contributed by atoms with Crippen molar-refractivity contribution in [3.05, 3.63) is 235 Å². The summed E-state index contributed by atoms with van der Waals surface area (Å²) in [6, 6.07) is 55.5. The predicted molar refractivity (Wildman–Crippen MR) is 334 cm³/mol. The molecule has 0 fully saturated rings. The number of fused-ring (bicyclic) bond motifs is 6. The molecule has 0 unspecified atom stereocenters. The number of alkyl halides is 3. The number of halogens is 3. The fourth-order valence-electron chi connectivity index (χ4n) is 14.1. The van der Waals surface area contributed by atoms with Gasteiger partial charge in [-0.1, -0.05) is 101 Å². The number of nitrogens with zero attached hydrogens (tertiary/aromatic N) is 4. The summed E-state index contributed by atoms with van der Waals surface area (Å²) < 4.78 is 49.3. The Bertz CT molecular complexity index is 4510. The van der Waals surface area contributed by atoms with Gasteiger partial charge in [0.15, 0.2) is 0 Å². The molecule has 12 rings (SSSR count). The van der Waals surface area contributed by atoms with E-state index in [0.717, 1.165) is 123 Å². The summed E-state index contributed by atoms with van der Waals surface area (Å²) >= 11 is 0. The molecule has 0 aliphatic rings. The van der Waals surface area contributed by atoms with Gasteiger partial charge in [0.1, 0.15) is 11.6 Å². The molecular formula is C75H61F3N4. The zero-order valence-electron chi connectivity index (χ0n) is 48.4. The van der Waals surface area contributed by atoms with Crippen molar-refractivity contribution in [3.8, 4) is 79.1 Å². The van der Waals surface area contributed by atoms with Gasteiger partial charge in [-0.05, 0) is 250 Å². The van der Waals surface area contributed by atoms with Crippen LogP contribution in [0.25, 0.3) is 111 Å². The minimum Gasteiger partial charge on any atom is -0.308 e. The molecule has 82 heavy (non-hydrogen) atoms. The lowest BCUT2D eigenvalue weighted by Crippen LogP contribution is -2.08. The van der Waals surface area contributed by atoms with Gasteiger partial charge in [-0.3, -0.25) is 0 Å². The first kappa shape index (κ1) is 53.2. The summed E-state index contributed by atoms with van der Waals surface area (Å²) in [7, 11) is 0. The van der Waals surface area contributed by atoms with Crippen LogP contribution in [-0.4, -0.2) is 9.13 Å². The summed E-state index contributed by atoms with van der Waals surface area (Å²) in [5, 5.41) is 26.3. The molecule has 0 spiro atoms. The predicted octanol–water partition coefficient (Wildman–Crippen LogP) is 20.7. The number of nitriles is 2. The zero-order chi connectivity index (χ0) is 58.0. The molecule has 10 aromatic carbocycles. The van der Waals surface area contributed by atoms with Crippen LogP contribution in [0.5, 0.6) is 0 Å². The van der Waals surface area contributed by atoms with E-state index in [4.69, 9.17) is 0 Å². The van der Waals surface area contributed by atoms with Crippen LogP contribution in [0.4, 0.5) is 13.2 Å². The second kappa shape index (κ2) is 19.7. The van der Waals surface area contributed by atoms with Gasteiger partial charge >= 0.3 is 6.18 Å². The van der Waals surface area contributed by atoms with Crippen molar-refractivity contribution in [1.29, 1.82) is 10.5 Å². The van der Waals surface area contributed by atoms with E-state index in [1.54, 1.807) is 0 Å². The van der Waals surface area contributed by atoms with Crippen molar-refractivity contribution in [2.45, 2.75) is 89.3 Å². The largest absolute Gasteiger partial charge is 0.416 e. The van der Waals surface area contributed by atoms with Gasteiger partial charge in [0.25, 0.3) is 0 Å². The molecule has 0 saturated heterocycles. The van der Waals surface area contributed by atoms with Crippen molar-refractivity contribution in [3.63, 3.8) is 0 Å². The second-order valence-corrected chi connectivity index (χ2v) is 23.1. The minimum absolute atomic E-state index is 0.144. The highest BCUT2D eigenvalue weighted by Crippen LogP contribution is 2.47. The standard InChI is InChI=1S/C75H61F3N4/c1-40-23-44(5)70(45(6)24-40)53-13-18-65-60(34-53)61-35-54(71-46(7)25-41(2)26-47(71)8)14-19-66(61)81(65)69-22-17-59(57-31-52(38-79)32-58(33-57)75(76,77)78)74(64(69)39-80)82-67-20-15-55(72-48(9)27-42(3)28-49(72)10)36-62(67)63-37-56(16-21-68(63)82)73-50(11)29-43(4)30-51(73)12/h13-37H,1-12H3. The first-order chi connectivity index (χ1) is 39.1. The maximum absolute atomic E-state index is 15.0. The van der Waals surface area contributed by atoms with E-state index in [-0.39, 0.29) is 16.7 Å². The third-order valence-corrected chi connectivity index (χ3v) is 16.8. The van der Waals surface area contributed by atoms with E-state index >= 15 is 13.2 Å². The number of hydrogen-bond donors (Lipinski definition) is 0. The summed E-state index contributed by atoms with van der Waals surface area (Å²) in [5.74, 6) is 0. The fraction of sp³-hybridized carbons (Fsp3) is 0.173. The third kappa shape index (κ3) is 8.75. The van der Waals surface area contributed by atoms with Crippen LogP contribution in [0.15, 0.2) is 152 Å². The zero-order valence-corrected chi connectivity index (χ0v) is 48.4. The molecule has 12 aromatic rings. The molecule has 0 N–H and O–H groups in total. The number of rotatable bonds is 7. The number of aromatic nitrogens is 2. The molecule has 0 aliphatic carbocycles. The second-order valence-electron chi connectivity index (χ2n) is 23.1. The van der Waals surface area contributed by atoms with Gasteiger partial charge < -0.3 is 9.13 Å². The number of hydrogen-bond acceptors (Lipinski definition) is 2. The molecule has 402 valence electrons. The van der Waals surface area contributed by atoms with Crippen molar-refractivity contribution in [2.24, 2.45) is 0 Å². The summed E-state index contributed by atoms with van der Waals surface area (Å²) in [6.45, 7) is 25.6. The molecular weight excluding hydrogens is 1010 g/mol. The monoisotopic (exact) mass is 1070 g/mol. The minimum atomic E-state index is -4.76. The van der Waals surface area contributed by atoms with Crippen LogP contribution >= 0.6 is 0 Å². The SMILES string of the molecule is Cc1cc(C)c(-c2ccc3c(c2)c2cc(-c4c(C)cc(C)cc4C)ccc2n3-c2ccc(-c3cc(C#N)cc(C(F)(F)F)c3)c(-n3c4ccc(-c5c(C)cc(C)cc5C)cc4c4cc(-c5c(C)cc(C)cc5C)ccc43)c2C#N)c(C)c1. The molecule has 0 bridgehead atoms. The lowest BCUT2D eigenvalue weighted by molar-refractivity contribution is -0.137. The van der Waals surface area contributed by atoms with Crippen molar-refractivity contribution < 1.29 is 13.2 Å². The van der Waals surface area contributed by atoms with Gasteiger partial charge in [0, 0.05) is 27.1 Å². The Morgan fingerprint density at radius 3 is 0.976 bits per heavy atom. The number of benzene rings is 10. The van der Waals surface area contributed by atoms with Gasteiger partial charge in [-0.2, -0.15) is 23.7 Å². The van der Waals surface area contributed by atoms with E-state index in [1.807, 2.05) is 18.2 Å². The van der Waals surface area contributed by atoms with Crippen LogP contribution in [0.3, 0.4) is 0 Å². The van der Waals surface area contributed by atoms with Crippen molar-refractivity contribution in [2.75, 3.05) is 0 Å². The van der Waals surface area contributed by atoms with Crippen LogP contribution in [0.1, 0.15) is 83.5 Å². The normalized spacial score (nSPS) is 11.8. The lowest BCUT2D eigenvalue weighted by Gasteiger charge is -2.21. The summed E-state index contributed by atoms with van der Waals surface area (Å²) in [5.41, 5.74) is 26.7. The molecule has 2 aromatic heterocycles. The molecule has 0 saturated carbocycles. The molecule has 0 atom stereocenters. The Morgan fingerprint density at radius 2 is 0.671 bits per heavy atom. The van der Waals surface area contributed by atoms with Gasteiger partial charge in [0.05, 0.1) is 50.6 Å². The Kier molecular flexibility index (Phi) is 12.8. The van der Waals surface area contributed by atoms with Gasteiger partial charge in [0.2, 0.25) is 0 Å². The van der Waals surface area contributed by atoms with Crippen LogP contribution in [-0.2, 0) is 6.18 Å². The first-order valence-electron chi connectivity index (χ1n) is 27.8. The molecule has 2 heterocycles. The molecule has 0 aliphatic heterocycles. The Morgan fingerprint density at radius 1 is 0.341 bits per heavy atom. The third-order valence-electron chi connectivity index (χ3n) is 16.8. The van der Waals surface area contributed by atoms with E-state index < -0.39 is 11.7 Å². The molecule has 7 heteroatoms. The van der Waals surface area contributed by atoms with Gasteiger partial charge in [-0.15, -0.1) is 0 Å². The first-order valence-corrected chi connectivity index (χ1v) is 27.8. The fourth-order valence-corrected chi connectivity index (χ4v) is 14.1. The Balaban J connectivity index is 1.23. The average Bonchev–Trinajstić information content (AvgIpc) is 3.96. The summed E-state index contributed by atoms with van der Waals surface area (Å²) in [6.07, 6.45) is -4.76. The van der Waals surface area contributed by atoms with Gasteiger partial charge in [-0.25, -0.2) is 0 Å². The van der Waals surface area contributed by atoms with Crippen LogP contribution < -0.4 is 0 Å². The topological polar surface area (TPSA) is 57.4 Å². The highest BCUT2D eigenvalue weighted by Gasteiger charge is 2.33. The highest BCUT2D eigenvalue weighted by atomic mass is 19.4. The Labute approximate surface area is 477 Å². The van der Waals surface area contributed by atoms with E-state index in [0.29, 0.717) is 16.9 Å². The molecule has 0 radical (unpaired) electrons. The van der Waals surface area contributed by atoms with Crippen molar-refractivity contribution >= 4 is 43.6 Å². The average molecular weight is 1080 g/mol. The van der Waals surface area contributed by atoms with E-state index in [9.17, 15) is 10.5 Å². The Hall–Kier alpha value is -9.43. The maximum atomic E-state index is 15.0. The smallest absolute Gasteiger partial charge is 0.308 e. The van der Waals surface area contributed by atoms with Crippen LogP contribution in [0, 0.1) is 106 Å². The van der Waals surface area contributed by atoms with Crippen LogP contribution in [0.2, 0.25) is 0 Å². The maximum Gasteiger partial charge on any atom is 0.416 e. The van der Waals surface area contributed by atoms with Crippen molar-refractivity contribution in [1.82, 2.24) is 9.13 Å². The highest BCUT2D eigenvalue weighted by molar-refractivity contribution is 6.14. The lowest BCUT2D eigenvalue weighted by atomic mass is 9.91. The number of aryl methyl sites for hydroxylation is 12. The molecule has 4 nitrogen and oxygen atoms in total.